The van der Waals surface area contributed by atoms with Crippen LogP contribution in [0.1, 0.15) is 58.6 Å². The number of amides is 1. The maximum Gasteiger partial charge on any atom is 0.303 e. The molecule has 0 saturated heterocycles. The Bertz CT molecular complexity index is 1050. The van der Waals surface area contributed by atoms with E-state index in [0.717, 1.165) is 30.5 Å². The van der Waals surface area contributed by atoms with Crippen LogP contribution in [0.3, 0.4) is 0 Å². The number of aromatic nitrogens is 1. The van der Waals surface area contributed by atoms with Crippen molar-refractivity contribution in [2.45, 2.75) is 38.5 Å². The SMILES string of the molecule is COc1ccc2c(c1)/C(=C/c1[nH]c3c(c1CCC(=O)O)C(=O)CCCC3)C(=O)N2. The first kappa shape index (κ1) is 19.0. The van der Waals surface area contributed by atoms with E-state index in [4.69, 9.17) is 9.84 Å². The predicted molar refractivity (Wildman–Crippen MR) is 108 cm³/mol. The van der Waals surface area contributed by atoms with E-state index in [-0.39, 0.29) is 24.5 Å². The molecule has 0 spiro atoms. The van der Waals surface area contributed by atoms with Crippen LogP contribution in [0.15, 0.2) is 18.2 Å². The van der Waals surface area contributed by atoms with Crippen molar-refractivity contribution in [1.29, 1.82) is 0 Å². The van der Waals surface area contributed by atoms with Crippen LogP contribution in [-0.4, -0.2) is 34.9 Å². The van der Waals surface area contributed by atoms with Gasteiger partial charge in [-0.25, -0.2) is 0 Å². The first-order valence-corrected chi connectivity index (χ1v) is 9.68. The Morgan fingerprint density at radius 1 is 1.24 bits per heavy atom. The summed E-state index contributed by atoms with van der Waals surface area (Å²) in [4.78, 5) is 39.7. The lowest BCUT2D eigenvalue weighted by atomic mass is 9.97. The fourth-order valence-corrected chi connectivity index (χ4v) is 4.05. The second-order valence-electron chi connectivity index (χ2n) is 7.32. The smallest absolute Gasteiger partial charge is 0.303 e. The molecule has 1 aliphatic heterocycles. The minimum absolute atomic E-state index is 0.0386. The number of benzene rings is 1. The molecule has 2 aromatic rings. The number of aliphatic carboxylic acids is 1. The number of carboxylic acids is 1. The topological polar surface area (TPSA) is 108 Å². The lowest BCUT2D eigenvalue weighted by Gasteiger charge is -2.05. The molecule has 2 heterocycles. The summed E-state index contributed by atoms with van der Waals surface area (Å²) in [5.74, 6) is -0.492. The minimum Gasteiger partial charge on any atom is -0.497 e. The third kappa shape index (κ3) is 3.55. The van der Waals surface area contributed by atoms with Crippen LogP contribution in [0.5, 0.6) is 5.75 Å². The molecule has 0 bridgehead atoms. The van der Waals surface area contributed by atoms with Crippen LogP contribution in [0.4, 0.5) is 5.69 Å². The van der Waals surface area contributed by atoms with E-state index in [9.17, 15) is 14.4 Å². The molecule has 2 aliphatic rings. The van der Waals surface area contributed by atoms with Crippen LogP contribution in [-0.2, 0) is 22.4 Å². The second-order valence-corrected chi connectivity index (χ2v) is 7.32. The highest BCUT2D eigenvalue weighted by Crippen LogP contribution is 2.37. The van der Waals surface area contributed by atoms with E-state index in [1.54, 1.807) is 31.4 Å². The van der Waals surface area contributed by atoms with Crippen LogP contribution in [0.25, 0.3) is 11.6 Å². The zero-order valence-corrected chi connectivity index (χ0v) is 16.1. The molecular weight excluding hydrogens is 372 g/mol. The van der Waals surface area contributed by atoms with Gasteiger partial charge in [0.1, 0.15) is 5.75 Å². The van der Waals surface area contributed by atoms with Gasteiger partial charge in [-0.1, -0.05) is 0 Å². The number of Topliss-reactive ketones (excluding diaryl/α,β-unsaturated/α-hetero) is 1. The number of hydrogen-bond acceptors (Lipinski definition) is 4. The molecule has 1 aromatic carbocycles. The summed E-state index contributed by atoms with van der Waals surface area (Å²) in [7, 11) is 1.56. The Labute approximate surface area is 167 Å². The highest BCUT2D eigenvalue weighted by Gasteiger charge is 2.28. The van der Waals surface area contributed by atoms with E-state index in [2.05, 4.69) is 10.3 Å². The minimum atomic E-state index is -0.923. The van der Waals surface area contributed by atoms with Gasteiger partial charge >= 0.3 is 5.97 Å². The number of hydrogen-bond donors (Lipinski definition) is 3. The van der Waals surface area contributed by atoms with Crippen molar-refractivity contribution < 1.29 is 24.2 Å². The average molecular weight is 394 g/mol. The molecule has 0 atom stereocenters. The number of rotatable bonds is 5. The summed E-state index contributed by atoms with van der Waals surface area (Å²) < 4.78 is 5.27. The number of aryl methyl sites for hydroxylation is 1. The van der Waals surface area contributed by atoms with E-state index in [0.29, 0.717) is 40.3 Å². The molecule has 1 amide bonds. The molecule has 0 saturated carbocycles. The lowest BCUT2D eigenvalue weighted by Crippen LogP contribution is -2.06. The molecule has 1 aromatic heterocycles. The number of carbonyl (C=O) groups excluding carboxylic acids is 2. The Balaban J connectivity index is 1.83. The van der Waals surface area contributed by atoms with E-state index in [1.165, 1.54) is 0 Å². The Hall–Kier alpha value is -3.35. The summed E-state index contributed by atoms with van der Waals surface area (Å²) in [6.07, 6.45) is 4.80. The van der Waals surface area contributed by atoms with Gasteiger partial charge in [-0.3, -0.25) is 14.4 Å². The standard InChI is InChI=1S/C22H22N2O5/c1-29-12-6-8-16-14(10-12)15(22(28)24-16)11-18-13(7-9-20(26)27)21-17(23-18)4-2-3-5-19(21)25/h6,8,10-11,23H,2-5,7,9H2,1H3,(H,24,28)(H,26,27)/b15-11-. The largest absolute Gasteiger partial charge is 0.497 e. The lowest BCUT2D eigenvalue weighted by molar-refractivity contribution is -0.137. The van der Waals surface area contributed by atoms with Gasteiger partial charge < -0.3 is 20.1 Å². The molecule has 150 valence electrons. The van der Waals surface area contributed by atoms with Gasteiger partial charge in [0.15, 0.2) is 5.78 Å². The molecule has 7 heteroatoms. The summed E-state index contributed by atoms with van der Waals surface area (Å²) >= 11 is 0. The normalized spacial score (nSPS) is 16.9. The molecule has 4 rings (SSSR count). The number of H-pyrrole nitrogens is 1. The highest BCUT2D eigenvalue weighted by molar-refractivity contribution is 6.35. The van der Waals surface area contributed by atoms with Gasteiger partial charge in [-0.15, -0.1) is 0 Å². The van der Waals surface area contributed by atoms with Crippen LogP contribution < -0.4 is 10.1 Å². The maximum atomic E-state index is 12.7. The second kappa shape index (κ2) is 7.58. The van der Waals surface area contributed by atoms with Gasteiger partial charge in [-0.2, -0.15) is 0 Å². The average Bonchev–Trinajstić information content (AvgIpc) is 3.13. The zero-order valence-electron chi connectivity index (χ0n) is 16.1. The molecular formula is C22H22N2O5. The molecule has 0 unspecified atom stereocenters. The first-order valence-electron chi connectivity index (χ1n) is 9.68. The Morgan fingerprint density at radius 3 is 2.79 bits per heavy atom. The van der Waals surface area contributed by atoms with Crippen molar-refractivity contribution in [1.82, 2.24) is 4.98 Å². The van der Waals surface area contributed by atoms with Crippen LogP contribution in [0.2, 0.25) is 0 Å². The number of aromatic amines is 1. The van der Waals surface area contributed by atoms with Crippen molar-refractivity contribution in [3.05, 3.63) is 46.3 Å². The van der Waals surface area contributed by atoms with Gasteiger partial charge in [0.05, 0.1) is 12.7 Å². The summed E-state index contributed by atoms with van der Waals surface area (Å²) in [5.41, 5.74) is 4.63. The number of ketones is 1. The summed E-state index contributed by atoms with van der Waals surface area (Å²) in [6, 6.07) is 5.34. The van der Waals surface area contributed by atoms with E-state index in [1.807, 2.05) is 0 Å². The number of fused-ring (bicyclic) bond motifs is 2. The van der Waals surface area contributed by atoms with Crippen LogP contribution >= 0.6 is 0 Å². The van der Waals surface area contributed by atoms with E-state index >= 15 is 0 Å². The van der Waals surface area contributed by atoms with Gasteiger partial charge in [-0.05, 0) is 55.5 Å². The fraction of sp³-hybridized carbons (Fsp3) is 0.318. The van der Waals surface area contributed by atoms with Crippen molar-refractivity contribution in [2.75, 3.05) is 12.4 Å². The van der Waals surface area contributed by atoms with Crippen LogP contribution in [0, 0.1) is 0 Å². The third-order valence-electron chi connectivity index (χ3n) is 5.46. The molecule has 0 fully saturated rings. The van der Waals surface area contributed by atoms with Crippen molar-refractivity contribution in [3.8, 4) is 5.75 Å². The zero-order chi connectivity index (χ0) is 20.5. The fourth-order valence-electron chi connectivity index (χ4n) is 4.05. The monoisotopic (exact) mass is 394 g/mol. The molecule has 1 aliphatic carbocycles. The Morgan fingerprint density at radius 2 is 2.03 bits per heavy atom. The quantitative estimate of drug-likeness (QED) is 0.532. The summed E-state index contributed by atoms with van der Waals surface area (Å²) in [5, 5.41) is 12.0. The molecule has 3 N–H and O–H groups in total. The number of carboxylic acid groups (broad SMARTS) is 1. The number of ether oxygens (including phenoxy) is 1. The van der Waals surface area contributed by atoms with Crippen molar-refractivity contribution in [2.24, 2.45) is 0 Å². The molecule has 7 nitrogen and oxygen atoms in total. The number of nitrogens with one attached hydrogen (secondary N) is 2. The van der Waals surface area contributed by atoms with Crippen molar-refractivity contribution >= 4 is 35.0 Å². The predicted octanol–water partition coefficient (Wildman–Crippen LogP) is 3.44. The van der Waals surface area contributed by atoms with E-state index < -0.39 is 5.97 Å². The number of anilines is 1. The number of methoxy groups -OCH3 is 1. The summed E-state index contributed by atoms with van der Waals surface area (Å²) in [6.45, 7) is 0. The van der Waals surface area contributed by atoms with Crippen molar-refractivity contribution in [3.63, 3.8) is 0 Å². The highest BCUT2D eigenvalue weighted by atomic mass is 16.5. The van der Waals surface area contributed by atoms with Gasteiger partial charge in [0, 0.05) is 41.0 Å². The first-order chi connectivity index (χ1) is 14.0. The molecule has 0 radical (unpaired) electrons. The maximum absolute atomic E-state index is 12.7. The van der Waals surface area contributed by atoms with Gasteiger partial charge in [0.25, 0.3) is 5.91 Å². The molecule has 29 heavy (non-hydrogen) atoms. The third-order valence-corrected chi connectivity index (χ3v) is 5.46. The van der Waals surface area contributed by atoms with Gasteiger partial charge in [0.2, 0.25) is 0 Å². The Kier molecular flexibility index (Phi) is 4.96. The number of carbonyl (C=O) groups is 3.